The van der Waals surface area contributed by atoms with Crippen LogP contribution in [0, 0.1) is 0 Å². The standard InChI is InChI=1S/C13H17N5O/c1-4-14-5-2-11(1)13-17-16-12(19-13)3-8-18-9-6-15-7-10-18/h1-2,4-5,15H,3,6-10H2. The Morgan fingerprint density at radius 2 is 1.95 bits per heavy atom. The minimum Gasteiger partial charge on any atom is -0.421 e. The Bertz CT molecular complexity index is 507. The predicted molar refractivity (Wildman–Crippen MR) is 70.5 cm³/mol. The van der Waals surface area contributed by atoms with Crippen molar-refractivity contribution in [3.63, 3.8) is 0 Å². The molecule has 0 atom stereocenters. The fourth-order valence-corrected chi connectivity index (χ4v) is 2.15. The highest BCUT2D eigenvalue weighted by Gasteiger charge is 2.12. The minimum absolute atomic E-state index is 0.567. The average Bonchev–Trinajstić information content (AvgIpc) is 2.96. The van der Waals surface area contributed by atoms with E-state index >= 15 is 0 Å². The van der Waals surface area contributed by atoms with Crippen molar-refractivity contribution in [2.75, 3.05) is 32.7 Å². The summed E-state index contributed by atoms with van der Waals surface area (Å²) in [5.41, 5.74) is 0.913. The van der Waals surface area contributed by atoms with Crippen LogP contribution < -0.4 is 5.32 Å². The number of nitrogens with zero attached hydrogens (tertiary/aromatic N) is 4. The predicted octanol–water partition coefficient (Wildman–Crippen LogP) is 0.579. The van der Waals surface area contributed by atoms with Crippen LogP contribution in [0.2, 0.25) is 0 Å². The summed E-state index contributed by atoms with van der Waals surface area (Å²) in [4.78, 5) is 6.38. The first-order valence-corrected chi connectivity index (χ1v) is 6.58. The molecule has 1 saturated heterocycles. The summed E-state index contributed by atoms with van der Waals surface area (Å²) in [5.74, 6) is 1.27. The van der Waals surface area contributed by atoms with Crippen molar-refractivity contribution in [1.29, 1.82) is 0 Å². The summed E-state index contributed by atoms with van der Waals surface area (Å²) >= 11 is 0. The van der Waals surface area contributed by atoms with E-state index in [1.54, 1.807) is 12.4 Å². The Hall–Kier alpha value is -1.79. The molecular weight excluding hydrogens is 242 g/mol. The number of aromatic nitrogens is 3. The zero-order valence-electron chi connectivity index (χ0n) is 10.7. The van der Waals surface area contributed by atoms with Crippen LogP contribution in [-0.2, 0) is 6.42 Å². The highest BCUT2D eigenvalue weighted by Crippen LogP contribution is 2.16. The molecule has 2 aromatic rings. The Morgan fingerprint density at radius 3 is 2.74 bits per heavy atom. The van der Waals surface area contributed by atoms with Crippen molar-refractivity contribution in [2.45, 2.75) is 6.42 Å². The van der Waals surface area contributed by atoms with Crippen LogP contribution in [0.3, 0.4) is 0 Å². The molecule has 19 heavy (non-hydrogen) atoms. The molecule has 0 unspecified atom stereocenters. The molecule has 2 aromatic heterocycles. The van der Waals surface area contributed by atoms with Gasteiger partial charge in [-0.05, 0) is 12.1 Å². The first-order chi connectivity index (χ1) is 9.42. The van der Waals surface area contributed by atoms with Crippen LogP contribution in [0.25, 0.3) is 11.5 Å². The summed E-state index contributed by atoms with van der Waals surface area (Å²) in [6, 6.07) is 3.74. The number of nitrogens with one attached hydrogen (secondary N) is 1. The molecule has 100 valence electrons. The summed E-state index contributed by atoms with van der Waals surface area (Å²) < 4.78 is 5.67. The van der Waals surface area contributed by atoms with Gasteiger partial charge in [-0.15, -0.1) is 10.2 Å². The SMILES string of the molecule is c1cc(-c2nnc(CCN3CCNCC3)o2)ccn1. The third-order valence-corrected chi connectivity index (χ3v) is 3.25. The van der Waals surface area contributed by atoms with E-state index in [0.717, 1.165) is 44.7 Å². The van der Waals surface area contributed by atoms with Gasteiger partial charge in [0.2, 0.25) is 11.8 Å². The largest absolute Gasteiger partial charge is 0.421 e. The lowest BCUT2D eigenvalue weighted by Crippen LogP contribution is -2.44. The lowest BCUT2D eigenvalue weighted by Gasteiger charge is -2.26. The molecule has 0 aromatic carbocycles. The maximum atomic E-state index is 5.67. The maximum absolute atomic E-state index is 5.67. The fraction of sp³-hybridized carbons (Fsp3) is 0.462. The van der Waals surface area contributed by atoms with E-state index in [2.05, 4.69) is 25.4 Å². The molecule has 0 spiro atoms. The number of rotatable bonds is 4. The Labute approximate surface area is 111 Å². The summed E-state index contributed by atoms with van der Waals surface area (Å²) in [7, 11) is 0. The molecule has 0 radical (unpaired) electrons. The highest BCUT2D eigenvalue weighted by molar-refractivity contribution is 5.50. The molecule has 1 N–H and O–H groups in total. The smallest absolute Gasteiger partial charge is 0.247 e. The van der Waals surface area contributed by atoms with Crippen LogP contribution >= 0.6 is 0 Å². The molecular formula is C13H17N5O. The highest BCUT2D eigenvalue weighted by atomic mass is 16.4. The number of piperazine rings is 1. The van der Waals surface area contributed by atoms with Gasteiger partial charge < -0.3 is 14.6 Å². The van der Waals surface area contributed by atoms with Gasteiger partial charge in [-0.2, -0.15) is 0 Å². The van der Waals surface area contributed by atoms with Gasteiger partial charge in [0, 0.05) is 57.1 Å². The third kappa shape index (κ3) is 3.15. The van der Waals surface area contributed by atoms with Gasteiger partial charge in [-0.3, -0.25) is 4.98 Å². The topological polar surface area (TPSA) is 67.1 Å². The zero-order chi connectivity index (χ0) is 12.9. The van der Waals surface area contributed by atoms with Gasteiger partial charge in [-0.1, -0.05) is 0 Å². The summed E-state index contributed by atoms with van der Waals surface area (Å²) in [5, 5.41) is 11.5. The second-order valence-corrected chi connectivity index (χ2v) is 4.58. The molecule has 0 bridgehead atoms. The first-order valence-electron chi connectivity index (χ1n) is 6.58. The van der Waals surface area contributed by atoms with Crippen molar-refractivity contribution < 1.29 is 4.42 Å². The monoisotopic (exact) mass is 259 g/mol. The van der Waals surface area contributed by atoms with Crippen LogP contribution in [0.15, 0.2) is 28.9 Å². The molecule has 0 saturated carbocycles. The Balaban J connectivity index is 1.59. The van der Waals surface area contributed by atoms with E-state index in [4.69, 9.17) is 4.42 Å². The maximum Gasteiger partial charge on any atom is 0.247 e. The third-order valence-electron chi connectivity index (χ3n) is 3.25. The molecule has 0 aliphatic carbocycles. The lowest BCUT2D eigenvalue weighted by molar-refractivity contribution is 0.238. The van der Waals surface area contributed by atoms with Crippen molar-refractivity contribution in [3.05, 3.63) is 30.4 Å². The second kappa shape index (κ2) is 5.90. The van der Waals surface area contributed by atoms with Gasteiger partial charge in [0.15, 0.2) is 0 Å². The Kier molecular flexibility index (Phi) is 3.81. The summed E-state index contributed by atoms with van der Waals surface area (Å²) in [6.07, 6.45) is 4.25. The Morgan fingerprint density at radius 1 is 1.16 bits per heavy atom. The molecule has 6 heteroatoms. The van der Waals surface area contributed by atoms with Crippen molar-refractivity contribution in [2.24, 2.45) is 0 Å². The van der Waals surface area contributed by atoms with E-state index in [0.29, 0.717) is 11.8 Å². The molecule has 1 fully saturated rings. The van der Waals surface area contributed by atoms with Crippen LogP contribution in [0.1, 0.15) is 5.89 Å². The van der Waals surface area contributed by atoms with Crippen molar-refractivity contribution in [1.82, 2.24) is 25.4 Å². The van der Waals surface area contributed by atoms with Crippen molar-refractivity contribution >= 4 is 0 Å². The minimum atomic E-state index is 0.567. The normalized spacial score (nSPS) is 16.6. The average molecular weight is 259 g/mol. The molecule has 1 aliphatic heterocycles. The van der Waals surface area contributed by atoms with Gasteiger partial charge in [0.1, 0.15) is 0 Å². The lowest BCUT2D eigenvalue weighted by atomic mass is 10.3. The van der Waals surface area contributed by atoms with Gasteiger partial charge >= 0.3 is 0 Å². The quantitative estimate of drug-likeness (QED) is 0.866. The van der Waals surface area contributed by atoms with E-state index in [-0.39, 0.29) is 0 Å². The van der Waals surface area contributed by atoms with E-state index < -0.39 is 0 Å². The zero-order valence-corrected chi connectivity index (χ0v) is 10.7. The van der Waals surface area contributed by atoms with Gasteiger partial charge in [-0.25, -0.2) is 0 Å². The molecule has 6 nitrogen and oxygen atoms in total. The van der Waals surface area contributed by atoms with Crippen LogP contribution in [-0.4, -0.2) is 52.8 Å². The van der Waals surface area contributed by atoms with Gasteiger partial charge in [0.05, 0.1) is 0 Å². The number of hydrogen-bond donors (Lipinski definition) is 1. The number of pyridine rings is 1. The molecule has 0 amide bonds. The second-order valence-electron chi connectivity index (χ2n) is 4.58. The van der Waals surface area contributed by atoms with E-state index in [1.165, 1.54) is 0 Å². The van der Waals surface area contributed by atoms with Crippen molar-refractivity contribution in [3.8, 4) is 11.5 Å². The molecule has 3 heterocycles. The van der Waals surface area contributed by atoms with E-state index in [9.17, 15) is 0 Å². The van der Waals surface area contributed by atoms with Crippen LogP contribution in [0.4, 0.5) is 0 Å². The number of hydrogen-bond acceptors (Lipinski definition) is 6. The van der Waals surface area contributed by atoms with Crippen LogP contribution in [0.5, 0.6) is 0 Å². The van der Waals surface area contributed by atoms with E-state index in [1.807, 2.05) is 12.1 Å². The molecule has 3 rings (SSSR count). The first kappa shape index (κ1) is 12.3. The van der Waals surface area contributed by atoms with Gasteiger partial charge in [0.25, 0.3) is 0 Å². The molecule has 1 aliphatic rings. The fourth-order valence-electron chi connectivity index (χ4n) is 2.15. The summed E-state index contributed by atoms with van der Waals surface area (Å²) in [6.45, 7) is 5.27.